The number of urea groups is 1. The summed E-state index contributed by atoms with van der Waals surface area (Å²) >= 11 is 0. The summed E-state index contributed by atoms with van der Waals surface area (Å²) in [5, 5.41) is 13.2. The van der Waals surface area contributed by atoms with Crippen molar-refractivity contribution in [2.24, 2.45) is 11.3 Å². The molecule has 5 nitrogen and oxygen atoms in total. The zero-order valence-electron chi connectivity index (χ0n) is 10.8. The molecule has 0 saturated carbocycles. The number of aliphatic carboxylic acids is 1. The molecule has 0 aliphatic rings. The lowest BCUT2D eigenvalue weighted by molar-refractivity contribution is -0.142. The highest BCUT2D eigenvalue weighted by molar-refractivity contribution is 5.75. The second-order valence-electron chi connectivity index (χ2n) is 5.28. The number of hydrogen-bond donors (Lipinski definition) is 3. The van der Waals surface area contributed by atoms with E-state index in [9.17, 15) is 18.4 Å². The van der Waals surface area contributed by atoms with Crippen LogP contribution in [0.2, 0.25) is 0 Å². The van der Waals surface area contributed by atoms with Gasteiger partial charge in [0.2, 0.25) is 0 Å². The van der Waals surface area contributed by atoms with E-state index in [0.29, 0.717) is 6.42 Å². The maximum Gasteiger partial charge on any atom is 0.315 e. The van der Waals surface area contributed by atoms with E-state index in [2.05, 4.69) is 5.32 Å². The minimum atomic E-state index is -2.62. The number of rotatable bonds is 6. The van der Waals surface area contributed by atoms with Crippen LogP contribution in [-0.4, -0.2) is 36.6 Å². The molecule has 0 aliphatic heterocycles. The molecule has 0 aliphatic carbocycles. The number of carbonyl (C=O) groups excluding carboxylic acids is 1. The fourth-order valence-electron chi connectivity index (χ4n) is 1.43. The van der Waals surface area contributed by atoms with E-state index in [1.807, 2.05) is 26.1 Å². The van der Waals surface area contributed by atoms with Crippen LogP contribution in [0, 0.1) is 11.3 Å². The van der Waals surface area contributed by atoms with Gasteiger partial charge < -0.3 is 15.7 Å². The largest absolute Gasteiger partial charge is 0.481 e. The second kappa shape index (κ2) is 7.13. The minimum Gasteiger partial charge on any atom is -0.481 e. The molecule has 0 radical (unpaired) electrons. The predicted octanol–water partition coefficient (Wildman–Crippen LogP) is 1.69. The Morgan fingerprint density at radius 3 is 2.06 bits per heavy atom. The number of nitrogens with one attached hydrogen (secondary N) is 2. The van der Waals surface area contributed by atoms with Crippen LogP contribution in [0.3, 0.4) is 0 Å². The van der Waals surface area contributed by atoms with Gasteiger partial charge in [-0.25, -0.2) is 13.6 Å². The molecule has 0 bridgehead atoms. The number of carboxylic acid groups (broad SMARTS) is 1. The number of hydrogen-bond acceptors (Lipinski definition) is 2. The van der Waals surface area contributed by atoms with Gasteiger partial charge in [0.15, 0.2) is 0 Å². The molecule has 1 atom stereocenters. The molecule has 0 saturated heterocycles. The average Bonchev–Trinajstić information content (AvgIpc) is 2.19. The van der Waals surface area contributed by atoms with Crippen molar-refractivity contribution in [2.75, 3.05) is 13.1 Å². The number of alkyl halides is 2. The van der Waals surface area contributed by atoms with E-state index in [1.54, 1.807) is 0 Å². The Kier molecular flexibility index (Phi) is 6.57. The van der Waals surface area contributed by atoms with E-state index in [-0.39, 0.29) is 12.0 Å². The zero-order valence-corrected chi connectivity index (χ0v) is 10.8. The average molecular weight is 266 g/mol. The zero-order chi connectivity index (χ0) is 14.3. The van der Waals surface area contributed by atoms with Gasteiger partial charge in [-0.05, 0) is 11.8 Å². The molecule has 0 heterocycles. The van der Waals surface area contributed by atoms with Gasteiger partial charge >= 0.3 is 12.0 Å². The van der Waals surface area contributed by atoms with Crippen molar-refractivity contribution in [2.45, 2.75) is 33.6 Å². The molecule has 3 N–H and O–H groups in total. The fourth-order valence-corrected chi connectivity index (χ4v) is 1.43. The molecule has 7 heteroatoms. The van der Waals surface area contributed by atoms with Crippen LogP contribution in [0.15, 0.2) is 0 Å². The standard InChI is InChI=1S/C11H20F2N2O3/c1-11(2,3)4-7(9(16)17)5-14-10(18)15-6-8(12)13/h7-8H,4-6H2,1-3H3,(H,16,17)(H2,14,15,18). The third kappa shape index (κ3) is 8.72. The van der Waals surface area contributed by atoms with Crippen LogP contribution in [0.4, 0.5) is 13.6 Å². The molecule has 1 unspecified atom stereocenters. The monoisotopic (exact) mass is 266 g/mol. The normalized spacial score (nSPS) is 13.2. The molecule has 0 spiro atoms. The van der Waals surface area contributed by atoms with Crippen LogP contribution in [0.25, 0.3) is 0 Å². The van der Waals surface area contributed by atoms with Gasteiger partial charge in [0.25, 0.3) is 6.43 Å². The highest BCUT2D eigenvalue weighted by Gasteiger charge is 2.24. The SMILES string of the molecule is CC(C)(C)CC(CNC(=O)NCC(F)F)C(=O)O. The highest BCUT2D eigenvalue weighted by atomic mass is 19.3. The first-order valence-corrected chi connectivity index (χ1v) is 5.64. The molecule has 0 fully saturated rings. The van der Waals surface area contributed by atoms with Crippen molar-refractivity contribution >= 4 is 12.0 Å². The van der Waals surface area contributed by atoms with E-state index < -0.39 is 30.9 Å². The van der Waals surface area contributed by atoms with Gasteiger partial charge in [0.05, 0.1) is 12.5 Å². The Labute approximate surface area is 105 Å². The number of halogens is 2. The molecular formula is C11H20F2N2O3. The first-order chi connectivity index (χ1) is 8.11. The van der Waals surface area contributed by atoms with Crippen molar-refractivity contribution in [3.8, 4) is 0 Å². The molecule has 0 rings (SSSR count). The van der Waals surface area contributed by atoms with Gasteiger partial charge in [0.1, 0.15) is 0 Å². The summed E-state index contributed by atoms with van der Waals surface area (Å²) in [6.45, 7) is 4.84. The smallest absolute Gasteiger partial charge is 0.315 e. The molecule has 0 aromatic carbocycles. The van der Waals surface area contributed by atoms with Crippen molar-refractivity contribution in [3.63, 3.8) is 0 Å². The maximum absolute atomic E-state index is 11.8. The lowest BCUT2D eigenvalue weighted by Crippen LogP contribution is -2.42. The summed E-state index contributed by atoms with van der Waals surface area (Å²) < 4.78 is 23.6. The lowest BCUT2D eigenvalue weighted by atomic mass is 9.84. The predicted molar refractivity (Wildman–Crippen MR) is 62.6 cm³/mol. The second-order valence-corrected chi connectivity index (χ2v) is 5.28. The van der Waals surface area contributed by atoms with E-state index in [0.717, 1.165) is 0 Å². The summed E-state index contributed by atoms with van der Waals surface area (Å²) in [6, 6.07) is -0.782. The molecule has 106 valence electrons. The van der Waals surface area contributed by atoms with Crippen molar-refractivity contribution in [1.29, 1.82) is 0 Å². The minimum absolute atomic E-state index is 0.0817. The van der Waals surface area contributed by atoms with E-state index in [4.69, 9.17) is 5.11 Å². The summed E-state index contributed by atoms with van der Waals surface area (Å²) in [5.74, 6) is -1.75. The van der Waals surface area contributed by atoms with E-state index in [1.165, 1.54) is 0 Å². The van der Waals surface area contributed by atoms with Crippen molar-refractivity contribution in [1.82, 2.24) is 10.6 Å². The molecule has 0 aromatic heterocycles. The van der Waals surface area contributed by atoms with Gasteiger partial charge in [-0.15, -0.1) is 0 Å². The van der Waals surface area contributed by atoms with Crippen molar-refractivity contribution < 1.29 is 23.5 Å². The van der Waals surface area contributed by atoms with Crippen LogP contribution >= 0.6 is 0 Å². The summed E-state index contributed by atoms with van der Waals surface area (Å²) in [5.41, 5.74) is -0.190. The maximum atomic E-state index is 11.8. The van der Waals surface area contributed by atoms with Crippen molar-refractivity contribution in [3.05, 3.63) is 0 Å². The summed E-state index contributed by atoms with van der Waals surface area (Å²) in [6.07, 6.45) is -2.24. The highest BCUT2D eigenvalue weighted by Crippen LogP contribution is 2.24. The molecule has 18 heavy (non-hydrogen) atoms. The quantitative estimate of drug-likeness (QED) is 0.684. The van der Waals surface area contributed by atoms with Gasteiger partial charge in [-0.1, -0.05) is 20.8 Å². The van der Waals surface area contributed by atoms with Crippen LogP contribution < -0.4 is 10.6 Å². The Morgan fingerprint density at radius 2 is 1.67 bits per heavy atom. The van der Waals surface area contributed by atoms with Gasteiger partial charge in [-0.2, -0.15) is 0 Å². The fraction of sp³-hybridized carbons (Fsp3) is 0.818. The number of amides is 2. The summed E-state index contributed by atoms with van der Waals surface area (Å²) in [7, 11) is 0. The lowest BCUT2D eigenvalue weighted by Gasteiger charge is -2.23. The molecule has 0 aromatic rings. The molecule has 2 amide bonds. The Balaban J connectivity index is 4.12. The van der Waals surface area contributed by atoms with Gasteiger partial charge in [-0.3, -0.25) is 4.79 Å². The summed E-state index contributed by atoms with van der Waals surface area (Å²) in [4.78, 5) is 22.1. The first kappa shape index (κ1) is 16.6. The van der Waals surface area contributed by atoms with Crippen LogP contribution in [0.1, 0.15) is 27.2 Å². The Bertz CT molecular complexity index is 291. The molecular weight excluding hydrogens is 246 g/mol. The third-order valence-electron chi connectivity index (χ3n) is 2.13. The third-order valence-corrected chi connectivity index (χ3v) is 2.13. The van der Waals surface area contributed by atoms with E-state index >= 15 is 0 Å². The Hall–Kier alpha value is -1.40. The number of carboxylic acids is 1. The number of carbonyl (C=O) groups is 2. The van der Waals surface area contributed by atoms with Gasteiger partial charge in [0, 0.05) is 6.54 Å². The Morgan fingerprint density at radius 1 is 1.17 bits per heavy atom. The first-order valence-electron chi connectivity index (χ1n) is 5.64. The van der Waals surface area contributed by atoms with Crippen LogP contribution in [-0.2, 0) is 4.79 Å². The van der Waals surface area contributed by atoms with Crippen LogP contribution in [0.5, 0.6) is 0 Å². The topological polar surface area (TPSA) is 78.4 Å².